The molecule has 2 aromatic rings. The van der Waals surface area contributed by atoms with E-state index >= 15 is 0 Å². The zero-order valence-corrected chi connectivity index (χ0v) is 13.9. The van der Waals surface area contributed by atoms with Gasteiger partial charge in [0.05, 0.1) is 11.7 Å². The van der Waals surface area contributed by atoms with Crippen LogP contribution in [0.15, 0.2) is 28.9 Å². The van der Waals surface area contributed by atoms with Crippen molar-refractivity contribution in [2.45, 2.75) is 48.9 Å². The average molecular weight is 335 g/mol. The summed E-state index contributed by atoms with van der Waals surface area (Å²) in [6, 6.07) is 3.59. The Morgan fingerprint density at radius 3 is 3.00 bits per heavy atom. The molecular formula is C15H17N3O2S2. The van der Waals surface area contributed by atoms with Gasteiger partial charge in [0.15, 0.2) is 0 Å². The first kappa shape index (κ1) is 14.3. The van der Waals surface area contributed by atoms with E-state index in [9.17, 15) is 8.42 Å². The Morgan fingerprint density at radius 1 is 1.36 bits per heavy atom. The van der Waals surface area contributed by atoms with Gasteiger partial charge in [-0.15, -0.1) is 11.3 Å². The van der Waals surface area contributed by atoms with Gasteiger partial charge in [0, 0.05) is 29.1 Å². The number of rotatable bonds is 3. The molecule has 0 aromatic carbocycles. The van der Waals surface area contributed by atoms with Crippen LogP contribution in [0.5, 0.6) is 0 Å². The van der Waals surface area contributed by atoms with Crippen molar-refractivity contribution in [2.75, 3.05) is 0 Å². The Hall–Kier alpha value is -1.31. The molecule has 0 amide bonds. The van der Waals surface area contributed by atoms with Crippen molar-refractivity contribution < 1.29 is 8.42 Å². The lowest BCUT2D eigenvalue weighted by Gasteiger charge is -2.33. The summed E-state index contributed by atoms with van der Waals surface area (Å²) in [5, 5.41) is 0. The van der Waals surface area contributed by atoms with Gasteiger partial charge in [-0.1, -0.05) is 6.92 Å². The standard InChI is InChI=1S/C15H17N3O2S2/c1-2-11-4-6-15(21-11)22(19,20)18-10-3-5-14(18)12-8-16-9-17-13(12)7-10/h4,6,8-10,14H,2-3,5,7H2,1H3/t10-,14-/m0/s1. The van der Waals surface area contributed by atoms with E-state index < -0.39 is 10.0 Å². The van der Waals surface area contributed by atoms with Crippen LogP contribution >= 0.6 is 11.3 Å². The van der Waals surface area contributed by atoms with E-state index in [2.05, 4.69) is 9.97 Å². The van der Waals surface area contributed by atoms with E-state index in [0.717, 1.165) is 35.4 Å². The maximum absolute atomic E-state index is 13.1. The molecule has 22 heavy (non-hydrogen) atoms. The van der Waals surface area contributed by atoms with Gasteiger partial charge >= 0.3 is 0 Å². The van der Waals surface area contributed by atoms with E-state index in [-0.39, 0.29) is 12.1 Å². The fourth-order valence-electron chi connectivity index (χ4n) is 3.54. The highest BCUT2D eigenvalue weighted by Crippen LogP contribution is 2.46. The first-order valence-corrected chi connectivity index (χ1v) is 9.78. The molecule has 2 aliphatic heterocycles. The van der Waals surface area contributed by atoms with Crippen LogP contribution in [0.25, 0.3) is 0 Å². The van der Waals surface area contributed by atoms with E-state index in [4.69, 9.17) is 0 Å². The molecule has 5 nitrogen and oxygen atoms in total. The van der Waals surface area contributed by atoms with E-state index in [1.807, 2.05) is 13.0 Å². The first-order valence-electron chi connectivity index (χ1n) is 7.52. The third-order valence-electron chi connectivity index (χ3n) is 4.57. The van der Waals surface area contributed by atoms with Gasteiger partial charge in [-0.2, -0.15) is 4.31 Å². The van der Waals surface area contributed by atoms with Crippen LogP contribution in [0.1, 0.15) is 41.9 Å². The molecule has 1 fully saturated rings. The summed E-state index contributed by atoms with van der Waals surface area (Å²) >= 11 is 1.39. The van der Waals surface area contributed by atoms with Gasteiger partial charge in [-0.05, 0) is 31.4 Å². The van der Waals surface area contributed by atoms with Crippen molar-refractivity contribution in [3.8, 4) is 0 Å². The second-order valence-corrected chi connectivity index (χ2v) is 9.02. The summed E-state index contributed by atoms with van der Waals surface area (Å²) in [6.45, 7) is 2.04. The smallest absolute Gasteiger partial charge is 0.244 e. The number of hydrogen-bond acceptors (Lipinski definition) is 5. The third kappa shape index (κ3) is 2.03. The normalized spacial score (nSPS) is 24.4. The monoisotopic (exact) mass is 335 g/mol. The molecule has 4 rings (SSSR count). The SMILES string of the molecule is CCc1ccc(S(=O)(=O)N2[C@H]3CC[C@H]2c2cncnc2C3)s1. The fourth-order valence-corrected chi connectivity index (χ4v) is 6.79. The molecule has 2 atom stereocenters. The molecule has 0 aliphatic carbocycles. The van der Waals surface area contributed by atoms with Crippen LogP contribution in [0, 0.1) is 0 Å². The predicted octanol–water partition coefficient (Wildman–Crippen LogP) is 2.55. The van der Waals surface area contributed by atoms with Crippen LogP contribution in [0.4, 0.5) is 0 Å². The van der Waals surface area contributed by atoms with Gasteiger partial charge in [0.2, 0.25) is 0 Å². The summed E-state index contributed by atoms with van der Waals surface area (Å²) < 4.78 is 28.3. The van der Waals surface area contributed by atoms with Gasteiger partial charge in [-0.3, -0.25) is 0 Å². The molecule has 1 saturated heterocycles. The quantitative estimate of drug-likeness (QED) is 0.865. The lowest BCUT2D eigenvalue weighted by Crippen LogP contribution is -2.41. The number of aryl methyl sites for hydroxylation is 1. The van der Waals surface area contributed by atoms with Crippen LogP contribution in [-0.4, -0.2) is 28.7 Å². The predicted molar refractivity (Wildman–Crippen MR) is 84.2 cm³/mol. The van der Waals surface area contributed by atoms with Crippen molar-refractivity contribution in [2.24, 2.45) is 0 Å². The number of thiophene rings is 1. The summed E-state index contributed by atoms with van der Waals surface area (Å²) in [5.74, 6) is 0. The average Bonchev–Trinajstić information content (AvgIpc) is 3.12. The number of nitrogens with zero attached hydrogens (tertiary/aromatic N) is 3. The molecule has 2 aromatic heterocycles. The molecule has 0 saturated carbocycles. The highest BCUT2D eigenvalue weighted by Gasteiger charge is 2.47. The van der Waals surface area contributed by atoms with Crippen molar-refractivity contribution in [3.05, 3.63) is 40.8 Å². The Labute approximate surface area is 134 Å². The Morgan fingerprint density at radius 2 is 2.23 bits per heavy atom. The number of aromatic nitrogens is 2. The van der Waals surface area contributed by atoms with Gasteiger partial charge in [0.25, 0.3) is 10.0 Å². The highest BCUT2D eigenvalue weighted by molar-refractivity contribution is 7.91. The largest absolute Gasteiger partial charge is 0.253 e. The third-order valence-corrected chi connectivity index (χ3v) is 8.23. The summed E-state index contributed by atoms with van der Waals surface area (Å²) in [7, 11) is -3.43. The maximum Gasteiger partial charge on any atom is 0.253 e. The minimum absolute atomic E-state index is 0.0320. The molecule has 0 unspecified atom stereocenters. The number of hydrogen-bond donors (Lipinski definition) is 0. The molecule has 116 valence electrons. The molecule has 2 bridgehead atoms. The molecule has 0 N–H and O–H groups in total. The van der Waals surface area contributed by atoms with Gasteiger partial charge < -0.3 is 0 Å². The van der Waals surface area contributed by atoms with Gasteiger partial charge in [0.1, 0.15) is 10.5 Å². The second kappa shape index (κ2) is 5.11. The summed E-state index contributed by atoms with van der Waals surface area (Å²) in [4.78, 5) is 9.53. The molecule has 7 heteroatoms. The van der Waals surface area contributed by atoms with Crippen molar-refractivity contribution in [1.82, 2.24) is 14.3 Å². The molecule has 4 heterocycles. The van der Waals surface area contributed by atoms with Crippen molar-refractivity contribution in [3.63, 3.8) is 0 Å². The molecule has 2 aliphatic rings. The minimum Gasteiger partial charge on any atom is -0.244 e. The Kier molecular flexibility index (Phi) is 3.32. The zero-order chi connectivity index (χ0) is 15.3. The number of fused-ring (bicyclic) bond motifs is 4. The van der Waals surface area contributed by atoms with Gasteiger partial charge in [-0.25, -0.2) is 18.4 Å². The van der Waals surface area contributed by atoms with Crippen LogP contribution in [0.3, 0.4) is 0 Å². The Bertz CT molecular complexity index is 816. The summed E-state index contributed by atoms with van der Waals surface area (Å²) in [6.07, 6.45) is 6.64. The second-order valence-electron chi connectivity index (χ2n) is 5.79. The van der Waals surface area contributed by atoms with Crippen molar-refractivity contribution >= 4 is 21.4 Å². The Balaban J connectivity index is 1.77. The van der Waals surface area contributed by atoms with Crippen LogP contribution < -0.4 is 0 Å². The van der Waals surface area contributed by atoms with Crippen LogP contribution in [-0.2, 0) is 22.9 Å². The lowest BCUT2D eigenvalue weighted by atomic mass is 10.0. The highest BCUT2D eigenvalue weighted by atomic mass is 32.2. The lowest BCUT2D eigenvalue weighted by molar-refractivity contribution is 0.301. The summed E-state index contributed by atoms with van der Waals surface area (Å²) in [5.41, 5.74) is 1.99. The van der Waals surface area contributed by atoms with E-state index in [0.29, 0.717) is 10.6 Å². The minimum atomic E-state index is -3.43. The first-order chi connectivity index (χ1) is 10.6. The molecule has 0 spiro atoms. The van der Waals surface area contributed by atoms with E-state index in [1.165, 1.54) is 11.3 Å². The van der Waals surface area contributed by atoms with E-state index in [1.54, 1.807) is 22.9 Å². The molecular weight excluding hydrogens is 318 g/mol. The molecule has 0 radical (unpaired) electrons. The zero-order valence-electron chi connectivity index (χ0n) is 12.3. The van der Waals surface area contributed by atoms with Crippen molar-refractivity contribution in [1.29, 1.82) is 0 Å². The topological polar surface area (TPSA) is 63.2 Å². The fraction of sp³-hybridized carbons (Fsp3) is 0.467. The number of sulfonamides is 1. The van der Waals surface area contributed by atoms with Crippen LogP contribution in [0.2, 0.25) is 0 Å². The maximum atomic E-state index is 13.1.